The summed E-state index contributed by atoms with van der Waals surface area (Å²) in [5.74, 6) is -0.215. The smallest absolute Gasteiger partial charge is 0.265 e. The van der Waals surface area contributed by atoms with E-state index < -0.39 is 15.8 Å². The number of furan rings is 1. The van der Waals surface area contributed by atoms with Crippen LogP contribution in [-0.4, -0.2) is 8.42 Å². The van der Waals surface area contributed by atoms with Crippen LogP contribution in [0.3, 0.4) is 0 Å². The van der Waals surface area contributed by atoms with Gasteiger partial charge in [-0.05, 0) is 25.1 Å². The molecule has 0 radical (unpaired) electrons. The quantitative estimate of drug-likeness (QED) is 0.907. The molecule has 0 aliphatic heterocycles. The second-order valence-electron chi connectivity index (χ2n) is 4.07. The Morgan fingerprint density at radius 3 is 2.70 bits per heavy atom. The third-order valence-electron chi connectivity index (χ3n) is 2.59. The summed E-state index contributed by atoms with van der Waals surface area (Å²) in [6, 6.07) is 4.89. The van der Waals surface area contributed by atoms with Crippen LogP contribution in [-0.2, 0) is 16.6 Å². The molecule has 0 fully saturated rings. The maximum Gasteiger partial charge on any atom is 0.265 e. The first-order valence-corrected chi connectivity index (χ1v) is 7.47. The van der Waals surface area contributed by atoms with E-state index in [0.29, 0.717) is 5.76 Å². The van der Waals surface area contributed by atoms with Crippen molar-refractivity contribution in [2.24, 2.45) is 5.73 Å². The van der Waals surface area contributed by atoms with Gasteiger partial charge in [0.15, 0.2) is 0 Å². The van der Waals surface area contributed by atoms with Gasteiger partial charge in [0, 0.05) is 11.1 Å². The van der Waals surface area contributed by atoms with Gasteiger partial charge in [0.2, 0.25) is 0 Å². The molecule has 0 aliphatic rings. The van der Waals surface area contributed by atoms with Crippen LogP contribution < -0.4 is 10.5 Å². The van der Waals surface area contributed by atoms with Gasteiger partial charge in [-0.3, -0.25) is 4.72 Å². The Bertz CT molecular complexity index is 743. The zero-order chi connectivity index (χ0) is 14.9. The van der Waals surface area contributed by atoms with Crippen LogP contribution in [0, 0.1) is 12.7 Å². The first-order chi connectivity index (χ1) is 9.33. The van der Waals surface area contributed by atoms with Gasteiger partial charge in [-0.2, -0.15) is 0 Å². The van der Waals surface area contributed by atoms with Crippen molar-refractivity contribution >= 4 is 27.3 Å². The van der Waals surface area contributed by atoms with E-state index in [9.17, 15) is 12.8 Å². The van der Waals surface area contributed by atoms with Gasteiger partial charge in [0.25, 0.3) is 10.0 Å². The Hall–Kier alpha value is -1.57. The summed E-state index contributed by atoms with van der Waals surface area (Å²) in [5, 5.41) is 0.218. The van der Waals surface area contributed by atoms with E-state index in [-0.39, 0.29) is 27.9 Å². The largest absolute Gasteiger partial charge is 0.464 e. The fraction of sp³-hybridized carbons (Fsp3) is 0.167. The van der Waals surface area contributed by atoms with Crippen LogP contribution in [0.2, 0.25) is 5.02 Å². The van der Waals surface area contributed by atoms with Crippen LogP contribution in [0.4, 0.5) is 10.1 Å². The number of benzene rings is 1. The highest BCUT2D eigenvalue weighted by molar-refractivity contribution is 7.92. The third-order valence-corrected chi connectivity index (χ3v) is 4.29. The standard InChI is InChI=1S/C12H12ClFN2O3S/c1-7-12(5-9(6-15)19-7)20(17,18)16-11-4-8(13)2-3-10(11)14/h2-5,16H,6,15H2,1H3. The van der Waals surface area contributed by atoms with Crippen LogP contribution in [0.25, 0.3) is 0 Å². The number of halogens is 2. The Balaban J connectivity index is 2.40. The maximum atomic E-state index is 13.6. The molecule has 0 saturated carbocycles. The van der Waals surface area contributed by atoms with Gasteiger partial charge >= 0.3 is 0 Å². The molecule has 0 unspecified atom stereocenters. The molecule has 0 spiro atoms. The molecule has 2 rings (SSSR count). The van der Waals surface area contributed by atoms with Gasteiger partial charge in [-0.15, -0.1) is 0 Å². The van der Waals surface area contributed by atoms with Crippen LogP contribution >= 0.6 is 11.6 Å². The molecular formula is C12H12ClFN2O3S. The number of nitrogens with two attached hydrogens (primary N) is 1. The highest BCUT2D eigenvalue weighted by Crippen LogP contribution is 2.25. The molecule has 1 aromatic heterocycles. The zero-order valence-electron chi connectivity index (χ0n) is 10.5. The van der Waals surface area contributed by atoms with E-state index in [1.165, 1.54) is 25.1 Å². The Morgan fingerprint density at radius 1 is 1.40 bits per heavy atom. The monoisotopic (exact) mass is 318 g/mol. The number of nitrogens with one attached hydrogen (secondary N) is 1. The summed E-state index contributed by atoms with van der Waals surface area (Å²) < 4.78 is 45.3. The van der Waals surface area contributed by atoms with Crippen molar-refractivity contribution in [2.45, 2.75) is 18.4 Å². The first-order valence-electron chi connectivity index (χ1n) is 5.60. The summed E-state index contributed by atoms with van der Waals surface area (Å²) in [7, 11) is -3.97. The van der Waals surface area contributed by atoms with Crippen molar-refractivity contribution in [1.82, 2.24) is 0 Å². The number of hydrogen-bond donors (Lipinski definition) is 2. The van der Waals surface area contributed by atoms with Crippen molar-refractivity contribution < 1.29 is 17.2 Å². The van der Waals surface area contributed by atoms with Crippen LogP contribution in [0.1, 0.15) is 11.5 Å². The number of rotatable bonds is 4. The van der Waals surface area contributed by atoms with Crippen molar-refractivity contribution in [1.29, 1.82) is 0 Å². The third kappa shape index (κ3) is 2.95. The van der Waals surface area contributed by atoms with Gasteiger partial charge in [0.1, 0.15) is 22.2 Å². The summed E-state index contributed by atoms with van der Waals surface area (Å²) in [6.45, 7) is 1.56. The van der Waals surface area contributed by atoms with Gasteiger partial charge in [-0.1, -0.05) is 11.6 Å². The van der Waals surface area contributed by atoms with E-state index in [1.807, 2.05) is 0 Å². The zero-order valence-corrected chi connectivity index (χ0v) is 12.1. The van der Waals surface area contributed by atoms with Crippen LogP contribution in [0.15, 0.2) is 33.6 Å². The normalized spacial score (nSPS) is 11.6. The number of hydrogen-bond acceptors (Lipinski definition) is 4. The Kier molecular flexibility index (Phi) is 4.03. The average molecular weight is 319 g/mol. The van der Waals surface area contributed by atoms with Crippen molar-refractivity contribution in [3.63, 3.8) is 0 Å². The van der Waals surface area contributed by atoms with Crippen molar-refractivity contribution in [2.75, 3.05) is 4.72 Å². The lowest BCUT2D eigenvalue weighted by Crippen LogP contribution is -2.14. The van der Waals surface area contributed by atoms with Gasteiger partial charge < -0.3 is 10.2 Å². The minimum Gasteiger partial charge on any atom is -0.464 e. The molecule has 0 amide bonds. The molecule has 5 nitrogen and oxygen atoms in total. The molecule has 0 aliphatic carbocycles. The molecule has 8 heteroatoms. The number of sulfonamides is 1. The highest BCUT2D eigenvalue weighted by Gasteiger charge is 2.22. The predicted octanol–water partition coefficient (Wildman–Crippen LogP) is 2.64. The predicted molar refractivity (Wildman–Crippen MR) is 73.6 cm³/mol. The summed E-state index contributed by atoms with van der Waals surface area (Å²) in [6.07, 6.45) is 0. The molecule has 0 atom stereocenters. The molecule has 0 saturated heterocycles. The Morgan fingerprint density at radius 2 is 2.10 bits per heavy atom. The molecule has 0 bridgehead atoms. The molecule has 108 valence electrons. The van der Waals surface area contributed by atoms with Gasteiger partial charge in [0.05, 0.1) is 12.2 Å². The van der Waals surface area contributed by atoms with Crippen molar-refractivity contribution in [3.05, 3.63) is 46.6 Å². The SMILES string of the molecule is Cc1oc(CN)cc1S(=O)(=O)Nc1cc(Cl)ccc1F. The summed E-state index contributed by atoms with van der Waals surface area (Å²) >= 11 is 5.71. The van der Waals surface area contributed by atoms with E-state index in [4.69, 9.17) is 21.8 Å². The topological polar surface area (TPSA) is 85.3 Å². The molecule has 1 heterocycles. The number of aryl methyl sites for hydroxylation is 1. The van der Waals surface area contributed by atoms with E-state index in [0.717, 1.165) is 6.07 Å². The van der Waals surface area contributed by atoms with E-state index >= 15 is 0 Å². The lowest BCUT2D eigenvalue weighted by atomic mass is 10.3. The average Bonchev–Trinajstić information content (AvgIpc) is 2.76. The first kappa shape index (κ1) is 14.8. The molecule has 3 N–H and O–H groups in total. The second-order valence-corrected chi connectivity index (χ2v) is 6.15. The second kappa shape index (κ2) is 5.43. The molecular weight excluding hydrogens is 307 g/mol. The maximum absolute atomic E-state index is 13.6. The number of anilines is 1. The van der Waals surface area contributed by atoms with E-state index in [1.54, 1.807) is 0 Å². The molecule has 1 aromatic carbocycles. The minimum atomic E-state index is -3.97. The molecule has 20 heavy (non-hydrogen) atoms. The molecule has 2 aromatic rings. The summed E-state index contributed by atoms with van der Waals surface area (Å²) in [5.41, 5.74) is 5.16. The minimum absolute atomic E-state index is 0.0713. The lowest BCUT2D eigenvalue weighted by Gasteiger charge is -2.08. The fourth-order valence-electron chi connectivity index (χ4n) is 1.67. The fourth-order valence-corrected chi connectivity index (χ4v) is 3.10. The Labute approximate surface area is 120 Å². The highest BCUT2D eigenvalue weighted by atomic mass is 35.5. The van der Waals surface area contributed by atoms with Crippen molar-refractivity contribution in [3.8, 4) is 0 Å². The van der Waals surface area contributed by atoms with E-state index in [2.05, 4.69) is 4.72 Å². The lowest BCUT2D eigenvalue weighted by molar-refractivity contribution is 0.479. The van der Waals surface area contributed by atoms with Gasteiger partial charge in [-0.25, -0.2) is 12.8 Å². The van der Waals surface area contributed by atoms with Crippen LogP contribution in [0.5, 0.6) is 0 Å². The summed E-state index contributed by atoms with van der Waals surface area (Å²) in [4.78, 5) is -0.0858.